The summed E-state index contributed by atoms with van der Waals surface area (Å²) in [4.78, 5) is 12.0. The molecule has 0 aliphatic rings. The van der Waals surface area contributed by atoms with Crippen LogP contribution in [0.25, 0.3) is 10.1 Å². The van der Waals surface area contributed by atoms with Crippen LogP contribution in [0.15, 0.2) is 24.3 Å². The van der Waals surface area contributed by atoms with E-state index in [1.807, 2.05) is 18.2 Å². The summed E-state index contributed by atoms with van der Waals surface area (Å²) >= 11 is 1.38. The molecule has 0 saturated carbocycles. The highest BCUT2D eigenvalue weighted by Crippen LogP contribution is 2.31. The second kappa shape index (κ2) is 4.23. The number of benzene rings is 1. The van der Waals surface area contributed by atoms with Gasteiger partial charge in [0, 0.05) is 4.70 Å². The van der Waals surface area contributed by atoms with Crippen LogP contribution in [0.2, 0.25) is 0 Å². The third kappa shape index (κ3) is 1.81. The summed E-state index contributed by atoms with van der Waals surface area (Å²) < 4.78 is 5.66. The van der Waals surface area contributed by atoms with E-state index in [-0.39, 0.29) is 5.97 Å². The smallest absolute Gasteiger partial charge is 0.348 e. The van der Waals surface area contributed by atoms with Crippen molar-refractivity contribution in [2.24, 2.45) is 0 Å². The number of hydrogen-bond acceptors (Lipinski definition) is 4. The van der Waals surface area contributed by atoms with E-state index < -0.39 is 6.10 Å². The monoisotopic (exact) mass is 236 g/mol. The lowest BCUT2D eigenvalue weighted by Gasteiger charge is -2.04. The first-order chi connectivity index (χ1) is 7.63. The molecule has 0 amide bonds. The zero-order valence-corrected chi connectivity index (χ0v) is 9.88. The number of carbonyl (C=O) groups is 1. The first-order valence-corrected chi connectivity index (χ1v) is 5.74. The summed E-state index contributed by atoms with van der Waals surface area (Å²) in [5.74, 6) is -0.335. The lowest BCUT2D eigenvalue weighted by molar-refractivity contribution is 0.0606. The van der Waals surface area contributed by atoms with Gasteiger partial charge in [0.2, 0.25) is 0 Å². The second-order valence-electron chi connectivity index (χ2n) is 3.54. The Morgan fingerprint density at radius 2 is 2.25 bits per heavy atom. The molecule has 0 spiro atoms. The molecule has 0 bridgehead atoms. The number of methoxy groups -OCH3 is 1. The maximum Gasteiger partial charge on any atom is 0.348 e. The average molecular weight is 236 g/mol. The first kappa shape index (κ1) is 11.1. The van der Waals surface area contributed by atoms with Gasteiger partial charge < -0.3 is 9.84 Å². The topological polar surface area (TPSA) is 46.5 Å². The average Bonchev–Trinajstić information content (AvgIpc) is 2.70. The molecule has 1 aromatic heterocycles. The lowest BCUT2D eigenvalue weighted by Crippen LogP contribution is -1.97. The van der Waals surface area contributed by atoms with Crippen molar-refractivity contribution < 1.29 is 14.6 Å². The van der Waals surface area contributed by atoms with Gasteiger partial charge in [0.1, 0.15) is 4.88 Å². The molecule has 1 heterocycles. The fourth-order valence-electron chi connectivity index (χ4n) is 1.65. The molecular weight excluding hydrogens is 224 g/mol. The van der Waals surface area contributed by atoms with E-state index in [4.69, 9.17) is 0 Å². The number of hydrogen-bond donors (Lipinski definition) is 1. The third-order valence-electron chi connectivity index (χ3n) is 2.43. The van der Waals surface area contributed by atoms with Crippen LogP contribution in [0.4, 0.5) is 0 Å². The molecule has 1 unspecified atom stereocenters. The number of thiophene rings is 1. The molecule has 84 valence electrons. The number of aliphatic hydroxyl groups is 1. The van der Waals surface area contributed by atoms with Crippen LogP contribution in [-0.2, 0) is 4.74 Å². The minimum atomic E-state index is -0.538. The van der Waals surface area contributed by atoms with Crippen LogP contribution >= 0.6 is 11.3 Å². The minimum absolute atomic E-state index is 0.335. The summed E-state index contributed by atoms with van der Waals surface area (Å²) in [6, 6.07) is 7.44. The van der Waals surface area contributed by atoms with Gasteiger partial charge in [0.05, 0.1) is 13.2 Å². The van der Waals surface area contributed by atoms with Crippen molar-refractivity contribution in [3.63, 3.8) is 0 Å². The first-order valence-electron chi connectivity index (χ1n) is 4.92. The minimum Gasteiger partial charge on any atom is -0.465 e. The van der Waals surface area contributed by atoms with Gasteiger partial charge in [-0.25, -0.2) is 4.79 Å². The summed E-state index contributed by atoms with van der Waals surface area (Å²) in [5.41, 5.74) is 0.837. The zero-order valence-electron chi connectivity index (χ0n) is 9.06. The summed E-state index contributed by atoms with van der Waals surface area (Å²) in [6.07, 6.45) is -0.538. The van der Waals surface area contributed by atoms with Crippen molar-refractivity contribution in [2.75, 3.05) is 7.11 Å². The summed E-state index contributed by atoms with van der Waals surface area (Å²) in [6.45, 7) is 1.71. The number of aliphatic hydroxyl groups excluding tert-OH is 1. The van der Waals surface area contributed by atoms with E-state index in [2.05, 4.69) is 4.74 Å². The predicted octanol–water partition coefficient (Wildman–Crippen LogP) is 2.74. The number of rotatable bonds is 2. The van der Waals surface area contributed by atoms with E-state index in [0.717, 1.165) is 15.6 Å². The fraction of sp³-hybridized carbons (Fsp3) is 0.250. The molecule has 1 N–H and O–H groups in total. The van der Waals surface area contributed by atoms with E-state index in [9.17, 15) is 9.90 Å². The Balaban J connectivity index is 2.61. The Hall–Kier alpha value is -1.39. The van der Waals surface area contributed by atoms with Gasteiger partial charge in [-0.3, -0.25) is 0 Å². The molecule has 0 saturated heterocycles. The van der Waals surface area contributed by atoms with E-state index in [1.54, 1.807) is 13.0 Å². The van der Waals surface area contributed by atoms with Gasteiger partial charge in [0.25, 0.3) is 0 Å². The summed E-state index contributed by atoms with van der Waals surface area (Å²) in [7, 11) is 1.36. The molecular formula is C12H12O3S. The lowest BCUT2D eigenvalue weighted by atomic mass is 10.1. The van der Waals surface area contributed by atoms with Gasteiger partial charge in [-0.2, -0.15) is 0 Å². The van der Waals surface area contributed by atoms with E-state index >= 15 is 0 Å². The maximum atomic E-state index is 11.4. The van der Waals surface area contributed by atoms with Crippen LogP contribution in [0.1, 0.15) is 28.3 Å². The molecule has 1 atom stereocenters. The molecule has 4 heteroatoms. The van der Waals surface area contributed by atoms with Gasteiger partial charge in [0.15, 0.2) is 0 Å². The number of esters is 1. The Morgan fingerprint density at radius 3 is 2.88 bits per heavy atom. The highest BCUT2D eigenvalue weighted by molar-refractivity contribution is 7.20. The number of carbonyl (C=O) groups excluding carboxylic acids is 1. The normalized spacial score (nSPS) is 12.7. The predicted molar refractivity (Wildman–Crippen MR) is 63.8 cm³/mol. The largest absolute Gasteiger partial charge is 0.465 e. The SMILES string of the molecule is COC(=O)c1cc2c(C(C)O)cccc2s1. The van der Waals surface area contributed by atoms with Crippen LogP contribution in [0, 0.1) is 0 Å². The van der Waals surface area contributed by atoms with Crippen molar-refractivity contribution in [1.82, 2.24) is 0 Å². The molecule has 2 rings (SSSR count). The van der Waals surface area contributed by atoms with Crippen LogP contribution < -0.4 is 0 Å². The van der Waals surface area contributed by atoms with E-state index in [1.165, 1.54) is 18.4 Å². The maximum absolute atomic E-state index is 11.4. The highest BCUT2D eigenvalue weighted by atomic mass is 32.1. The van der Waals surface area contributed by atoms with Gasteiger partial charge in [-0.15, -0.1) is 11.3 Å². The Bertz CT molecular complexity index is 528. The fourth-order valence-corrected chi connectivity index (χ4v) is 2.66. The van der Waals surface area contributed by atoms with Crippen molar-refractivity contribution >= 4 is 27.4 Å². The molecule has 0 aliphatic heterocycles. The van der Waals surface area contributed by atoms with Gasteiger partial charge in [-0.1, -0.05) is 12.1 Å². The molecule has 1 aromatic carbocycles. The molecule has 16 heavy (non-hydrogen) atoms. The van der Waals surface area contributed by atoms with Crippen LogP contribution in [0.3, 0.4) is 0 Å². The molecule has 0 aliphatic carbocycles. The highest BCUT2D eigenvalue weighted by Gasteiger charge is 2.13. The number of fused-ring (bicyclic) bond motifs is 1. The van der Waals surface area contributed by atoms with Crippen LogP contribution in [0.5, 0.6) is 0 Å². The van der Waals surface area contributed by atoms with Crippen LogP contribution in [-0.4, -0.2) is 18.2 Å². The standard InChI is InChI=1S/C12H12O3S/c1-7(13)8-4-3-5-10-9(8)6-11(16-10)12(14)15-2/h3-7,13H,1-2H3. The summed E-state index contributed by atoms with van der Waals surface area (Å²) in [5, 5.41) is 10.5. The Kier molecular flexibility index (Phi) is 2.94. The number of ether oxygens (including phenoxy) is 1. The molecule has 0 radical (unpaired) electrons. The second-order valence-corrected chi connectivity index (χ2v) is 4.62. The Labute approximate surface area is 97.3 Å². The van der Waals surface area contributed by atoms with Crippen molar-refractivity contribution in [1.29, 1.82) is 0 Å². The quantitative estimate of drug-likeness (QED) is 0.815. The molecule has 3 nitrogen and oxygen atoms in total. The van der Waals surface area contributed by atoms with Crippen molar-refractivity contribution in [3.05, 3.63) is 34.7 Å². The third-order valence-corrected chi connectivity index (χ3v) is 3.51. The Morgan fingerprint density at radius 1 is 1.50 bits per heavy atom. The van der Waals surface area contributed by atoms with Gasteiger partial charge >= 0.3 is 5.97 Å². The van der Waals surface area contributed by atoms with Gasteiger partial charge in [-0.05, 0) is 30.0 Å². The van der Waals surface area contributed by atoms with E-state index in [0.29, 0.717) is 4.88 Å². The molecule has 0 fully saturated rings. The van der Waals surface area contributed by atoms with Crippen molar-refractivity contribution in [2.45, 2.75) is 13.0 Å². The van der Waals surface area contributed by atoms with Crippen molar-refractivity contribution in [3.8, 4) is 0 Å². The zero-order chi connectivity index (χ0) is 11.7. The molecule has 2 aromatic rings.